The summed E-state index contributed by atoms with van der Waals surface area (Å²) in [5.74, 6) is 1.27. The number of nitrogens with one attached hydrogen (secondary N) is 1. The molecule has 0 bridgehead atoms. The summed E-state index contributed by atoms with van der Waals surface area (Å²) in [6.07, 6.45) is 1.66. The average Bonchev–Trinajstić information content (AvgIpc) is 2.47. The first-order valence-corrected chi connectivity index (χ1v) is 4.48. The maximum absolute atomic E-state index is 5.92. The van der Waals surface area contributed by atoms with Crippen molar-refractivity contribution in [2.75, 3.05) is 5.73 Å². The molecule has 0 saturated carbocycles. The molecule has 0 atom stereocenters. The predicted molar refractivity (Wildman–Crippen MR) is 56.0 cm³/mol. The SMILES string of the molecule is Cc1nc(Cl)c(-c2ccc(N)nc2)[nH]1. The van der Waals surface area contributed by atoms with Gasteiger partial charge in [0.25, 0.3) is 0 Å². The lowest BCUT2D eigenvalue weighted by Crippen LogP contribution is -1.89. The molecular formula is C9H9ClN4. The van der Waals surface area contributed by atoms with Crippen molar-refractivity contribution in [3.05, 3.63) is 29.3 Å². The van der Waals surface area contributed by atoms with E-state index in [0.717, 1.165) is 17.1 Å². The normalized spacial score (nSPS) is 10.4. The lowest BCUT2D eigenvalue weighted by Gasteiger charge is -1.97. The Balaban J connectivity index is 2.49. The number of anilines is 1. The van der Waals surface area contributed by atoms with Crippen LogP contribution in [0.1, 0.15) is 5.82 Å². The number of aromatic amines is 1. The summed E-state index contributed by atoms with van der Waals surface area (Å²) in [5, 5.41) is 0.453. The zero-order chi connectivity index (χ0) is 10.1. The third kappa shape index (κ3) is 1.56. The van der Waals surface area contributed by atoms with Crippen molar-refractivity contribution in [2.24, 2.45) is 0 Å². The van der Waals surface area contributed by atoms with Crippen LogP contribution < -0.4 is 5.73 Å². The minimum atomic E-state index is 0.453. The second-order valence-electron chi connectivity index (χ2n) is 2.96. The highest BCUT2D eigenvalue weighted by atomic mass is 35.5. The van der Waals surface area contributed by atoms with Crippen LogP contribution in [0.15, 0.2) is 18.3 Å². The molecule has 2 heterocycles. The first-order valence-electron chi connectivity index (χ1n) is 4.11. The molecular weight excluding hydrogens is 200 g/mol. The van der Waals surface area contributed by atoms with Crippen molar-refractivity contribution in [1.29, 1.82) is 0 Å². The summed E-state index contributed by atoms with van der Waals surface area (Å²) in [5.41, 5.74) is 7.13. The molecule has 2 rings (SSSR count). The van der Waals surface area contributed by atoms with Crippen LogP contribution in [-0.2, 0) is 0 Å². The van der Waals surface area contributed by atoms with Gasteiger partial charge in [0.15, 0.2) is 5.15 Å². The van der Waals surface area contributed by atoms with E-state index in [4.69, 9.17) is 17.3 Å². The highest BCUT2D eigenvalue weighted by Crippen LogP contribution is 2.24. The van der Waals surface area contributed by atoms with Crippen LogP contribution >= 0.6 is 11.6 Å². The first kappa shape index (κ1) is 9.02. The summed E-state index contributed by atoms with van der Waals surface area (Å²) in [6, 6.07) is 3.57. The van der Waals surface area contributed by atoms with E-state index in [0.29, 0.717) is 11.0 Å². The van der Waals surface area contributed by atoms with Crippen LogP contribution in [0.4, 0.5) is 5.82 Å². The van der Waals surface area contributed by atoms with Crippen LogP contribution in [0.25, 0.3) is 11.3 Å². The largest absolute Gasteiger partial charge is 0.384 e. The lowest BCUT2D eigenvalue weighted by atomic mass is 10.2. The smallest absolute Gasteiger partial charge is 0.155 e. The molecule has 0 saturated heterocycles. The van der Waals surface area contributed by atoms with Crippen molar-refractivity contribution >= 4 is 17.4 Å². The number of halogens is 1. The molecule has 0 unspecified atom stereocenters. The number of nitrogen functional groups attached to an aromatic ring is 1. The van der Waals surface area contributed by atoms with Gasteiger partial charge in [0.1, 0.15) is 11.6 Å². The quantitative estimate of drug-likeness (QED) is 0.754. The molecule has 72 valence electrons. The molecule has 0 amide bonds. The van der Waals surface area contributed by atoms with Crippen molar-refractivity contribution < 1.29 is 0 Å². The molecule has 0 aliphatic carbocycles. The number of nitrogens with two attached hydrogens (primary N) is 1. The summed E-state index contributed by atoms with van der Waals surface area (Å²) in [6.45, 7) is 1.85. The topological polar surface area (TPSA) is 67.6 Å². The number of H-pyrrole nitrogens is 1. The molecule has 2 aromatic rings. The van der Waals surface area contributed by atoms with Crippen molar-refractivity contribution in [2.45, 2.75) is 6.92 Å². The molecule has 3 N–H and O–H groups in total. The van der Waals surface area contributed by atoms with Gasteiger partial charge in [-0.3, -0.25) is 0 Å². The predicted octanol–water partition coefficient (Wildman–Crippen LogP) is 2.02. The van der Waals surface area contributed by atoms with Gasteiger partial charge in [0, 0.05) is 11.8 Å². The van der Waals surface area contributed by atoms with Crippen LogP contribution in [0.2, 0.25) is 5.15 Å². The van der Waals surface area contributed by atoms with Gasteiger partial charge in [-0.1, -0.05) is 11.6 Å². The van der Waals surface area contributed by atoms with Gasteiger partial charge in [0.2, 0.25) is 0 Å². The summed E-state index contributed by atoms with van der Waals surface area (Å²) in [4.78, 5) is 11.1. The zero-order valence-electron chi connectivity index (χ0n) is 7.58. The third-order valence-corrected chi connectivity index (χ3v) is 2.13. The molecule has 0 aliphatic rings. The Morgan fingerprint density at radius 1 is 1.43 bits per heavy atom. The minimum Gasteiger partial charge on any atom is -0.384 e. The van der Waals surface area contributed by atoms with E-state index in [1.165, 1.54) is 0 Å². The van der Waals surface area contributed by atoms with E-state index < -0.39 is 0 Å². The van der Waals surface area contributed by atoms with Gasteiger partial charge >= 0.3 is 0 Å². The standard InChI is InChI=1S/C9H9ClN4/c1-5-13-8(9(10)14-5)6-2-3-7(11)12-4-6/h2-4H,1H3,(H2,11,12)(H,13,14). The van der Waals surface area contributed by atoms with E-state index in [-0.39, 0.29) is 0 Å². The summed E-state index contributed by atoms with van der Waals surface area (Å²) in [7, 11) is 0. The van der Waals surface area contributed by atoms with Gasteiger partial charge in [0.05, 0.1) is 5.69 Å². The Hall–Kier alpha value is -1.55. The number of rotatable bonds is 1. The van der Waals surface area contributed by atoms with E-state index in [1.807, 2.05) is 13.0 Å². The zero-order valence-corrected chi connectivity index (χ0v) is 8.34. The summed E-state index contributed by atoms with van der Waals surface area (Å²) < 4.78 is 0. The fourth-order valence-corrected chi connectivity index (χ4v) is 1.49. The maximum Gasteiger partial charge on any atom is 0.155 e. The molecule has 0 aliphatic heterocycles. The minimum absolute atomic E-state index is 0.453. The monoisotopic (exact) mass is 208 g/mol. The number of nitrogens with zero attached hydrogens (tertiary/aromatic N) is 2. The van der Waals surface area contributed by atoms with E-state index in [2.05, 4.69) is 15.0 Å². The highest BCUT2D eigenvalue weighted by Gasteiger charge is 2.07. The average molecular weight is 209 g/mol. The number of imidazole rings is 1. The number of aromatic nitrogens is 3. The Morgan fingerprint density at radius 3 is 2.71 bits per heavy atom. The van der Waals surface area contributed by atoms with Gasteiger partial charge in [-0.15, -0.1) is 0 Å². The second kappa shape index (κ2) is 3.31. The Kier molecular flexibility index (Phi) is 2.13. The number of pyridine rings is 1. The third-order valence-electron chi connectivity index (χ3n) is 1.85. The van der Waals surface area contributed by atoms with Crippen LogP contribution in [0, 0.1) is 6.92 Å². The molecule has 0 aromatic carbocycles. The van der Waals surface area contributed by atoms with E-state index in [9.17, 15) is 0 Å². The fourth-order valence-electron chi connectivity index (χ4n) is 1.21. The first-order chi connectivity index (χ1) is 6.66. The Labute approximate surface area is 86.1 Å². The van der Waals surface area contributed by atoms with Gasteiger partial charge < -0.3 is 10.7 Å². The van der Waals surface area contributed by atoms with Crippen molar-refractivity contribution in [3.63, 3.8) is 0 Å². The maximum atomic E-state index is 5.92. The second-order valence-corrected chi connectivity index (χ2v) is 3.32. The van der Waals surface area contributed by atoms with E-state index >= 15 is 0 Å². The molecule has 14 heavy (non-hydrogen) atoms. The van der Waals surface area contributed by atoms with Gasteiger partial charge in [-0.25, -0.2) is 9.97 Å². The number of hydrogen-bond donors (Lipinski definition) is 2. The lowest BCUT2D eigenvalue weighted by molar-refractivity contribution is 1.15. The van der Waals surface area contributed by atoms with E-state index in [1.54, 1.807) is 12.3 Å². The number of hydrogen-bond acceptors (Lipinski definition) is 3. The van der Waals surface area contributed by atoms with Crippen LogP contribution in [-0.4, -0.2) is 15.0 Å². The molecule has 0 spiro atoms. The highest BCUT2D eigenvalue weighted by molar-refractivity contribution is 6.31. The Morgan fingerprint density at radius 2 is 2.21 bits per heavy atom. The Bertz CT molecular complexity index is 446. The molecule has 0 fully saturated rings. The van der Waals surface area contributed by atoms with Gasteiger partial charge in [-0.2, -0.15) is 0 Å². The molecule has 5 heteroatoms. The van der Waals surface area contributed by atoms with Crippen molar-refractivity contribution in [1.82, 2.24) is 15.0 Å². The fraction of sp³-hybridized carbons (Fsp3) is 0.111. The number of aryl methyl sites for hydroxylation is 1. The van der Waals surface area contributed by atoms with Gasteiger partial charge in [-0.05, 0) is 19.1 Å². The van der Waals surface area contributed by atoms with Crippen molar-refractivity contribution in [3.8, 4) is 11.3 Å². The summed E-state index contributed by atoms with van der Waals surface area (Å²) >= 11 is 5.92. The molecule has 0 radical (unpaired) electrons. The van der Waals surface area contributed by atoms with Crippen LogP contribution in [0.5, 0.6) is 0 Å². The molecule has 2 aromatic heterocycles. The van der Waals surface area contributed by atoms with Crippen LogP contribution in [0.3, 0.4) is 0 Å². The molecule has 4 nitrogen and oxygen atoms in total.